The summed E-state index contributed by atoms with van der Waals surface area (Å²) in [5.74, 6) is -0.565. The third kappa shape index (κ3) is 5.45. The number of nitrogens with two attached hydrogens (primary N) is 1. The lowest BCUT2D eigenvalue weighted by Gasteiger charge is -2.25. The van der Waals surface area contributed by atoms with Gasteiger partial charge in [0.05, 0.1) is 19.7 Å². The number of nitrogens with one attached hydrogen (secondary N) is 2. The number of H-pyrrole nitrogens is 2. The Bertz CT molecular complexity index is 1480. The lowest BCUT2D eigenvalue weighted by Crippen LogP contribution is -2.41. The maximum absolute atomic E-state index is 13.5. The molecular formula is C25H28N6O5. The molecule has 3 rings (SSSR count). The summed E-state index contributed by atoms with van der Waals surface area (Å²) in [5, 5.41) is 9.33. The topological polar surface area (TPSA) is 167 Å². The number of benzene rings is 1. The van der Waals surface area contributed by atoms with Crippen LogP contribution in [0.2, 0.25) is 0 Å². The highest BCUT2D eigenvalue weighted by atomic mass is 16.5. The number of nitrogen functional groups attached to an aromatic ring is 1. The Labute approximate surface area is 206 Å². The average Bonchev–Trinajstić information content (AvgIpc) is 2.83. The summed E-state index contributed by atoms with van der Waals surface area (Å²) >= 11 is 0. The first-order valence-electron chi connectivity index (χ1n) is 11.3. The molecule has 1 aromatic carbocycles. The van der Waals surface area contributed by atoms with Gasteiger partial charge >= 0.3 is 5.69 Å². The van der Waals surface area contributed by atoms with E-state index in [0.717, 1.165) is 10.1 Å². The van der Waals surface area contributed by atoms with Gasteiger partial charge in [-0.25, -0.2) is 4.79 Å². The van der Waals surface area contributed by atoms with Crippen LogP contribution in [0.25, 0.3) is 0 Å². The summed E-state index contributed by atoms with van der Waals surface area (Å²) in [4.78, 5) is 57.0. The van der Waals surface area contributed by atoms with Crippen molar-refractivity contribution in [1.29, 1.82) is 5.26 Å². The molecule has 11 nitrogen and oxygen atoms in total. The molecule has 3 aromatic rings. The van der Waals surface area contributed by atoms with Gasteiger partial charge in [-0.2, -0.15) is 5.26 Å². The van der Waals surface area contributed by atoms with E-state index in [1.165, 1.54) is 12.0 Å². The van der Waals surface area contributed by atoms with Gasteiger partial charge in [0, 0.05) is 19.2 Å². The van der Waals surface area contributed by atoms with E-state index in [1.807, 2.05) is 24.3 Å². The van der Waals surface area contributed by atoms with Crippen LogP contribution in [0.15, 0.2) is 44.7 Å². The van der Waals surface area contributed by atoms with Crippen molar-refractivity contribution in [3.63, 3.8) is 0 Å². The molecule has 0 aliphatic rings. The minimum atomic E-state index is -0.779. The van der Waals surface area contributed by atoms with E-state index in [-0.39, 0.29) is 49.6 Å². The van der Waals surface area contributed by atoms with Crippen LogP contribution in [0.1, 0.15) is 34.4 Å². The number of nitriles is 1. The number of nitrogens with zero attached hydrogens (tertiary/aromatic N) is 3. The van der Waals surface area contributed by atoms with Crippen molar-refractivity contribution in [2.24, 2.45) is 0 Å². The summed E-state index contributed by atoms with van der Waals surface area (Å²) in [6.45, 7) is 3.67. The van der Waals surface area contributed by atoms with E-state index in [1.54, 1.807) is 26.0 Å². The number of hydrogen-bond acceptors (Lipinski definition) is 7. The highest BCUT2D eigenvalue weighted by molar-refractivity contribution is 5.95. The monoisotopic (exact) mass is 492 g/mol. The molecule has 4 N–H and O–H groups in total. The SMILES string of the molecule is COCCn1c(N)c(N(Cc2ccccc2)C(=O)CCc2c(C)[nH]c(=O)c(C#N)c2C)c(=O)[nH]c1=O. The maximum Gasteiger partial charge on any atom is 0.330 e. The summed E-state index contributed by atoms with van der Waals surface area (Å²) in [7, 11) is 1.47. The van der Waals surface area contributed by atoms with E-state index in [9.17, 15) is 24.4 Å². The van der Waals surface area contributed by atoms with Crippen LogP contribution in [0.5, 0.6) is 0 Å². The van der Waals surface area contributed by atoms with Crippen LogP contribution >= 0.6 is 0 Å². The molecule has 1 amide bonds. The third-order valence-corrected chi connectivity index (χ3v) is 6.00. The number of methoxy groups -OCH3 is 1. The van der Waals surface area contributed by atoms with Gasteiger partial charge in [-0.05, 0) is 37.0 Å². The highest BCUT2D eigenvalue weighted by Crippen LogP contribution is 2.22. The van der Waals surface area contributed by atoms with Gasteiger partial charge in [0.15, 0.2) is 5.69 Å². The number of anilines is 2. The number of pyridine rings is 1. The molecule has 36 heavy (non-hydrogen) atoms. The molecule has 11 heteroatoms. The molecule has 0 bridgehead atoms. The molecule has 0 spiro atoms. The van der Waals surface area contributed by atoms with Crippen molar-refractivity contribution >= 4 is 17.4 Å². The van der Waals surface area contributed by atoms with Gasteiger partial charge in [-0.15, -0.1) is 0 Å². The Morgan fingerprint density at radius 2 is 1.83 bits per heavy atom. The molecule has 2 aromatic heterocycles. The fraction of sp³-hybridized carbons (Fsp3) is 0.320. The first-order valence-corrected chi connectivity index (χ1v) is 11.3. The zero-order chi connectivity index (χ0) is 26.4. The Morgan fingerprint density at radius 1 is 1.14 bits per heavy atom. The molecule has 0 radical (unpaired) electrons. The van der Waals surface area contributed by atoms with Crippen LogP contribution in [0.4, 0.5) is 11.5 Å². The number of aromatic nitrogens is 3. The maximum atomic E-state index is 13.5. The fourth-order valence-electron chi connectivity index (χ4n) is 4.09. The standard InChI is InChI=1S/C25H28N6O5/c1-15-18(16(2)28-23(33)19(15)13-26)9-10-20(32)31(14-17-7-5-4-6-8-17)21-22(27)30(11-12-36-3)25(35)29-24(21)34/h4-8H,9-12,14,27H2,1-3H3,(H,28,33)(H,29,34,35). The van der Waals surface area contributed by atoms with E-state index in [4.69, 9.17) is 10.5 Å². The molecule has 2 heterocycles. The quantitative estimate of drug-likeness (QED) is 0.402. The Hall–Kier alpha value is -4.43. The molecule has 0 saturated heterocycles. The lowest BCUT2D eigenvalue weighted by molar-refractivity contribution is -0.118. The molecule has 0 atom stereocenters. The predicted octanol–water partition coefficient (Wildman–Crippen LogP) is 1.11. The minimum absolute atomic E-state index is 0.00454. The number of aryl methyl sites for hydroxylation is 1. The van der Waals surface area contributed by atoms with Crippen LogP contribution in [-0.4, -0.2) is 34.2 Å². The smallest absolute Gasteiger partial charge is 0.330 e. The normalized spacial score (nSPS) is 10.7. The second-order valence-electron chi connectivity index (χ2n) is 8.27. The number of ether oxygens (including phenoxy) is 1. The van der Waals surface area contributed by atoms with E-state index in [0.29, 0.717) is 16.8 Å². The minimum Gasteiger partial charge on any atom is -0.383 e. The summed E-state index contributed by atoms with van der Waals surface area (Å²) < 4.78 is 6.18. The van der Waals surface area contributed by atoms with Gasteiger partial charge in [0.2, 0.25) is 5.91 Å². The van der Waals surface area contributed by atoms with E-state index in [2.05, 4.69) is 9.97 Å². The van der Waals surface area contributed by atoms with Crippen molar-refractivity contribution < 1.29 is 9.53 Å². The largest absolute Gasteiger partial charge is 0.383 e. The van der Waals surface area contributed by atoms with Gasteiger partial charge < -0.3 is 20.4 Å². The Balaban J connectivity index is 2.04. The molecule has 0 fully saturated rings. The molecule has 0 saturated carbocycles. The number of hydrogen-bond donors (Lipinski definition) is 3. The summed E-state index contributed by atoms with van der Waals surface area (Å²) in [5.41, 5.74) is 6.64. The number of rotatable bonds is 9. The molecular weight excluding hydrogens is 464 g/mol. The number of carbonyl (C=O) groups is 1. The second kappa shape index (κ2) is 11.3. The average molecular weight is 493 g/mol. The van der Waals surface area contributed by atoms with Crippen molar-refractivity contribution in [3.8, 4) is 6.07 Å². The van der Waals surface area contributed by atoms with Gasteiger partial charge in [-0.3, -0.25) is 23.9 Å². The first kappa shape index (κ1) is 26.2. The highest BCUT2D eigenvalue weighted by Gasteiger charge is 2.25. The predicted molar refractivity (Wildman–Crippen MR) is 135 cm³/mol. The van der Waals surface area contributed by atoms with Gasteiger partial charge in [0.1, 0.15) is 17.5 Å². The molecule has 188 valence electrons. The van der Waals surface area contributed by atoms with Gasteiger partial charge in [0.25, 0.3) is 11.1 Å². The fourth-order valence-corrected chi connectivity index (χ4v) is 4.09. The summed E-state index contributed by atoms with van der Waals surface area (Å²) in [6.07, 6.45) is 0.176. The van der Waals surface area contributed by atoms with E-state index < -0.39 is 22.7 Å². The second-order valence-corrected chi connectivity index (χ2v) is 8.27. The Kier molecular flexibility index (Phi) is 8.24. The van der Waals surface area contributed by atoms with Crippen molar-refractivity contribution in [1.82, 2.24) is 14.5 Å². The van der Waals surface area contributed by atoms with Crippen molar-refractivity contribution in [2.75, 3.05) is 24.4 Å². The summed E-state index contributed by atoms with van der Waals surface area (Å²) in [6, 6.07) is 11.0. The van der Waals surface area contributed by atoms with Crippen molar-refractivity contribution in [2.45, 2.75) is 39.8 Å². The number of amides is 1. The number of carbonyl (C=O) groups excluding carboxylic acids is 1. The number of aromatic amines is 2. The third-order valence-electron chi connectivity index (χ3n) is 6.00. The van der Waals surface area contributed by atoms with Crippen LogP contribution in [-0.2, 0) is 29.0 Å². The van der Waals surface area contributed by atoms with E-state index >= 15 is 0 Å². The van der Waals surface area contributed by atoms with Gasteiger partial charge in [-0.1, -0.05) is 30.3 Å². The molecule has 0 aliphatic carbocycles. The van der Waals surface area contributed by atoms with Crippen LogP contribution in [0.3, 0.4) is 0 Å². The molecule has 0 aliphatic heterocycles. The van der Waals surface area contributed by atoms with Crippen LogP contribution < -0.4 is 27.4 Å². The zero-order valence-electron chi connectivity index (χ0n) is 20.4. The van der Waals surface area contributed by atoms with Crippen molar-refractivity contribution in [3.05, 3.63) is 89.5 Å². The molecule has 0 unspecified atom stereocenters. The lowest BCUT2D eigenvalue weighted by atomic mass is 9.98. The zero-order valence-corrected chi connectivity index (χ0v) is 20.4. The Morgan fingerprint density at radius 3 is 2.47 bits per heavy atom. The first-order chi connectivity index (χ1) is 17.2. The van der Waals surface area contributed by atoms with Crippen LogP contribution in [0, 0.1) is 25.2 Å².